The van der Waals surface area contributed by atoms with Gasteiger partial charge in [0.2, 0.25) is 11.8 Å². The molecular weight excluding hydrogens is 318 g/mol. The van der Waals surface area contributed by atoms with Crippen molar-refractivity contribution in [3.05, 3.63) is 0 Å². The second-order valence-corrected chi connectivity index (χ2v) is 5.37. The first-order valence-electron chi connectivity index (χ1n) is 7.81. The van der Waals surface area contributed by atoms with Crippen molar-refractivity contribution in [3.8, 4) is 0 Å². The van der Waals surface area contributed by atoms with Crippen molar-refractivity contribution in [3.63, 3.8) is 0 Å². The fraction of sp³-hybridized carbons (Fsp3) is 0.714. The highest BCUT2D eigenvalue weighted by molar-refractivity contribution is 5.89. The average Bonchev–Trinajstić information content (AvgIpc) is 2.48. The zero-order valence-corrected chi connectivity index (χ0v) is 13.8. The van der Waals surface area contributed by atoms with Crippen LogP contribution < -0.4 is 27.4 Å². The largest absolute Gasteiger partial charge is 0.480 e. The van der Waals surface area contributed by atoms with Gasteiger partial charge in [0, 0.05) is 13.5 Å². The molecule has 0 aliphatic rings. The quantitative estimate of drug-likeness (QED) is 0.238. The summed E-state index contributed by atoms with van der Waals surface area (Å²) in [7, 11) is 0. The molecule has 0 rings (SSSR count). The number of carbonyl (C=O) groups is 4. The number of amides is 4. The SMILES string of the molecule is CC(=O)N[C@@H](CCCNC(N)=O)C(=O)N[C@@H](CCCCN)C(=O)O. The van der Waals surface area contributed by atoms with E-state index in [2.05, 4.69) is 16.0 Å². The first-order chi connectivity index (χ1) is 11.3. The fourth-order valence-corrected chi connectivity index (χ4v) is 2.05. The Kier molecular flexibility index (Phi) is 10.9. The predicted molar refractivity (Wildman–Crippen MR) is 86.9 cm³/mol. The van der Waals surface area contributed by atoms with E-state index < -0.39 is 35.9 Å². The minimum Gasteiger partial charge on any atom is -0.480 e. The second-order valence-electron chi connectivity index (χ2n) is 5.37. The van der Waals surface area contributed by atoms with E-state index in [9.17, 15) is 19.2 Å². The van der Waals surface area contributed by atoms with Crippen molar-refractivity contribution in [2.45, 2.75) is 51.1 Å². The van der Waals surface area contributed by atoms with Crippen LogP contribution in [0.1, 0.15) is 39.0 Å². The van der Waals surface area contributed by atoms with Gasteiger partial charge in [0.1, 0.15) is 12.1 Å². The number of carboxylic acids is 1. The van der Waals surface area contributed by atoms with Crippen LogP contribution in [0.4, 0.5) is 4.79 Å². The number of primary amides is 1. The lowest BCUT2D eigenvalue weighted by Gasteiger charge is -2.21. The first-order valence-corrected chi connectivity index (χ1v) is 7.81. The molecule has 0 aliphatic carbocycles. The maximum atomic E-state index is 12.2. The Morgan fingerprint density at radius 2 is 1.62 bits per heavy atom. The molecule has 0 unspecified atom stereocenters. The van der Waals surface area contributed by atoms with E-state index in [1.807, 2.05) is 0 Å². The number of carboxylic acid groups (broad SMARTS) is 1. The van der Waals surface area contributed by atoms with Gasteiger partial charge >= 0.3 is 12.0 Å². The van der Waals surface area contributed by atoms with Gasteiger partial charge in [-0.3, -0.25) is 9.59 Å². The summed E-state index contributed by atoms with van der Waals surface area (Å²) >= 11 is 0. The van der Waals surface area contributed by atoms with Crippen LogP contribution in [0.15, 0.2) is 0 Å². The van der Waals surface area contributed by atoms with E-state index in [-0.39, 0.29) is 19.4 Å². The number of unbranched alkanes of at least 4 members (excludes halogenated alkanes) is 1. The Bertz CT molecular complexity index is 443. The van der Waals surface area contributed by atoms with E-state index in [0.29, 0.717) is 25.8 Å². The summed E-state index contributed by atoms with van der Waals surface area (Å²) in [5.41, 5.74) is 10.3. The minimum absolute atomic E-state index is 0.237. The summed E-state index contributed by atoms with van der Waals surface area (Å²) in [4.78, 5) is 45.3. The highest BCUT2D eigenvalue weighted by Crippen LogP contribution is 2.04. The van der Waals surface area contributed by atoms with Gasteiger partial charge < -0.3 is 32.5 Å². The number of hydrogen-bond donors (Lipinski definition) is 6. The summed E-state index contributed by atoms with van der Waals surface area (Å²) in [6.45, 7) is 1.96. The lowest BCUT2D eigenvalue weighted by atomic mass is 10.1. The molecule has 0 fully saturated rings. The first kappa shape index (κ1) is 21.6. The number of nitrogens with one attached hydrogen (secondary N) is 3. The molecule has 0 saturated heterocycles. The molecule has 0 radical (unpaired) electrons. The topological polar surface area (TPSA) is 177 Å². The zero-order valence-electron chi connectivity index (χ0n) is 13.8. The molecule has 138 valence electrons. The van der Waals surface area contributed by atoms with Crippen LogP contribution in [0.2, 0.25) is 0 Å². The molecule has 0 aromatic carbocycles. The molecule has 0 aromatic heterocycles. The van der Waals surface area contributed by atoms with E-state index in [0.717, 1.165) is 0 Å². The lowest BCUT2D eigenvalue weighted by molar-refractivity contribution is -0.142. The smallest absolute Gasteiger partial charge is 0.326 e. The maximum absolute atomic E-state index is 12.2. The number of nitrogens with two attached hydrogens (primary N) is 2. The molecule has 4 amide bonds. The minimum atomic E-state index is -1.14. The van der Waals surface area contributed by atoms with E-state index in [1.54, 1.807) is 0 Å². The highest BCUT2D eigenvalue weighted by Gasteiger charge is 2.25. The molecule has 8 N–H and O–H groups in total. The molecular formula is C14H27N5O5. The average molecular weight is 345 g/mol. The summed E-state index contributed by atoms with van der Waals surface area (Å²) in [5, 5.41) is 16.4. The normalized spacial score (nSPS) is 12.8. The van der Waals surface area contributed by atoms with Crippen LogP contribution in [0.5, 0.6) is 0 Å². The van der Waals surface area contributed by atoms with Crippen molar-refractivity contribution in [2.75, 3.05) is 13.1 Å². The molecule has 10 nitrogen and oxygen atoms in total. The van der Waals surface area contributed by atoms with Gasteiger partial charge in [-0.05, 0) is 38.6 Å². The number of carbonyl (C=O) groups excluding carboxylic acids is 3. The van der Waals surface area contributed by atoms with Crippen LogP contribution in [-0.4, -0.2) is 54.1 Å². The van der Waals surface area contributed by atoms with E-state index in [1.165, 1.54) is 6.92 Å². The predicted octanol–water partition coefficient (Wildman–Crippen LogP) is -1.36. The third-order valence-electron chi connectivity index (χ3n) is 3.22. The fourth-order valence-electron chi connectivity index (χ4n) is 2.05. The summed E-state index contributed by atoms with van der Waals surface area (Å²) in [6.07, 6.45) is 2.12. The van der Waals surface area contributed by atoms with Crippen LogP contribution >= 0.6 is 0 Å². The Hall–Kier alpha value is -2.36. The van der Waals surface area contributed by atoms with Crippen molar-refractivity contribution in [1.29, 1.82) is 0 Å². The molecule has 0 heterocycles. The second kappa shape index (κ2) is 12.1. The van der Waals surface area contributed by atoms with Crippen molar-refractivity contribution < 1.29 is 24.3 Å². The van der Waals surface area contributed by atoms with E-state index >= 15 is 0 Å². The number of urea groups is 1. The van der Waals surface area contributed by atoms with Gasteiger partial charge in [-0.1, -0.05) is 0 Å². The molecule has 0 aliphatic heterocycles. The Morgan fingerprint density at radius 1 is 1.00 bits per heavy atom. The summed E-state index contributed by atoms with van der Waals surface area (Å²) in [5.74, 6) is -2.13. The third kappa shape index (κ3) is 10.4. The maximum Gasteiger partial charge on any atom is 0.326 e. The Balaban J connectivity index is 4.60. The standard InChI is InChI=1S/C14H27N5O5/c1-9(20)18-10(6-4-8-17-14(16)24)12(21)19-11(13(22)23)5-2-3-7-15/h10-11H,2-8,15H2,1H3,(H,18,20)(H,19,21)(H,22,23)(H3,16,17,24)/t10-,11-/m0/s1. The van der Waals surface area contributed by atoms with Gasteiger partial charge in [-0.25, -0.2) is 9.59 Å². The van der Waals surface area contributed by atoms with Crippen LogP contribution in [-0.2, 0) is 14.4 Å². The van der Waals surface area contributed by atoms with Crippen LogP contribution in [0.3, 0.4) is 0 Å². The van der Waals surface area contributed by atoms with Gasteiger partial charge in [0.05, 0.1) is 0 Å². The molecule has 0 bridgehead atoms. The third-order valence-corrected chi connectivity index (χ3v) is 3.22. The van der Waals surface area contributed by atoms with Gasteiger partial charge in [0.25, 0.3) is 0 Å². The molecule has 10 heteroatoms. The molecule has 2 atom stereocenters. The highest BCUT2D eigenvalue weighted by atomic mass is 16.4. The van der Waals surface area contributed by atoms with E-state index in [4.69, 9.17) is 16.6 Å². The van der Waals surface area contributed by atoms with Crippen molar-refractivity contribution >= 4 is 23.8 Å². The zero-order chi connectivity index (χ0) is 18.5. The van der Waals surface area contributed by atoms with Crippen molar-refractivity contribution in [2.24, 2.45) is 11.5 Å². The summed E-state index contributed by atoms with van der Waals surface area (Å²) in [6, 6.07) is -2.60. The number of aliphatic carboxylic acids is 1. The van der Waals surface area contributed by atoms with Crippen LogP contribution in [0, 0.1) is 0 Å². The number of hydrogen-bond acceptors (Lipinski definition) is 5. The molecule has 0 saturated carbocycles. The molecule has 0 aromatic rings. The van der Waals surface area contributed by atoms with Gasteiger partial charge in [0.15, 0.2) is 0 Å². The van der Waals surface area contributed by atoms with Crippen molar-refractivity contribution in [1.82, 2.24) is 16.0 Å². The molecule has 0 spiro atoms. The number of rotatable bonds is 12. The Labute approximate surface area is 140 Å². The Morgan fingerprint density at radius 3 is 2.12 bits per heavy atom. The van der Waals surface area contributed by atoms with Crippen LogP contribution in [0.25, 0.3) is 0 Å². The molecule has 24 heavy (non-hydrogen) atoms. The van der Waals surface area contributed by atoms with Gasteiger partial charge in [-0.2, -0.15) is 0 Å². The summed E-state index contributed by atoms with van der Waals surface area (Å²) < 4.78 is 0. The lowest BCUT2D eigenvalue weighted by Crippen LogP contribution is -2.51. The monoisotopic (exact) mass is 345 g/mol. The van der Waals surface area contributed by atoms with Gasteiger partial charge in [-0.15, -0.1) is 0 Å².